The predicted octanol–water partition coefficient (Wildman–Crippen LogP) is 3.24. The van der Waals surface area contributed by atoms with E-state index in [0.717, 1.165) is 21.5 Å². The summed E-state index contributed by atoms with van der Waals surface area (Å²) in [6, 6.07) is 10.8. The molecule has 1 aliphatic rings. The number of aromatic nitrogens is 1. The van der Waals surface area contributed by atoms with Gasteiger partial charge >= 0.3 is 0 Å². The Hall–Kier alpha value is -2.78. The molecule has 2 aromatic heterocycles. The van der Waals surface area contributed by atoms with Crippen LogP contribution in [0.3, 0.4) is 0 Å². The minimum absolute atomic E-state index is 0.114. The smallest absolute Gasteiger partial charge is 0.264 e. The fraction of sp³-hybridized carbons (Fsp3) is 0.300. The van der Waals surface area contributed by atoms with E-state index in [2.05, 4.69) is 15.6 Å². The molecule has 2 N–H and O–H groups in total. The molecule has 150 valence electrons. The number of likely N-dealkylation sites (tertiary alicyclic amines) is 1. The van der Waals surface area contributed by atoms with Gasteiger partial charge in [0, 0.05) is 18.3 Å². The maximum Gasteiger partial charge on any atom is 0.264 e. The van der Waals surface area contributed by atoms with E-state index in [0.29, 0.717) is 29.5 Å². The average Bonchev–Trinajstić information content (AvgIpc) is 3.43. The number of nitrogens with zero attached hydrogens (tertiary/aromatic N) is 2. The summed E-state index contributed by atoms with van der Waals surface area (Å²) in [7, 11) is 0. The first-order valence-electron chi connectivity index (χ1n) is 9.32. The lowest BCUT2D eigenvalue weighted by atomic mass is 10.2. The standard InChI is InChI=1S/C20H20N4O3S2/c1-12(25)21-11-13-8-9-17(28-13)19(27)24-10-4-6-15(24)18(26)23-20-22-14-5-2-3-7-16(14)29-20/h2-3,5,7-9,15H,4,6,10-11H2,1H3,(H,21,25)(H,22,23,26). The lowest BCUT2D eigenvalue weighted by Crippen LogP contribution is -2.42. The zero-order valence-corrected chi connectivity index (χ0v) is 17.4. The highest BCUT2D eigenvalue weighted by molar-refractivity contribution is 7.22. The van der Waals surface area contributed by atoms with Crippen molar-refractivity contribution in [1.82, 2.24) is 15.2 Å². The van der Waals surface area contributed by atoms with Crippen LogP contribution in [0, 0.1) is 0 Å². The van der Waals surface area contributed by atoms with Crippen molar-refractivity contribution in [2.24, 2.45) is 0 Å². The monoisotopic (exact) mass is 428 g/mol. The van der Waals surface area contributed by atoms with Crippen molar-refractivity contribution in [2.75, 3.05) is 11.9 Å². The number of fused-ring (bicyclic) bond motifs is 1. The first-order valence-corrected chi connectivity index (χ1v) is 10.9. The molecule has 0 spiro atoms. The summed E-state index contributed by atoms with van der Waals surface area (Å²) in [4.78, 5) is 44.4. The quantitative estimate of drug-likeness (QED) is 0.653. The van der Waals surface area contributed by atoms with Crippen LogP contribution in [0.25, 0.3) is 10.2 Å². The van der Waals surface area contributed by atoms with Crippen molar-refractivity contribution in [3.8, 4) is 0 Å². The Morgan fingerprint density at radius 1 is 1.17 bits per heavy atom. The Morgan fingerprint density at radius 2 is 2.00 bits per heavy atom. The van der Waals surface area contributed by atoms with Gasteiger partial charge in [0.05, 0.1) is 21.6 Å². The number of nitrogens with one attached hydrogen (secondary N) is 2. The molecule has 0 radical (unpaired) electrons. The predicted molar refractivity (Wildman–Crippen MR) is 114 cm³/mol. The number of thiophene rings is 1. The summed E-state index contributed by atoms with van der Waals surface area (Å²) in [6.07, 6.45) is 1.42. The van der Waals surface area contributed by atoms with Crippen LogP contribution in [0.1, 0.15) is 34.3 Å². The zero-order valence-electron chi connectivity index (χ0n) is 15.8. The van der Waals surface area contributed by atoms with Crippen molar-refractivity contribution in [3.05, 3.63) is 46.2 Å². The molecular weight excluding hydrogens is 408 g/mol. The Kier molecular flexibility index (Phi) is 5.59. The van der Waals surface area contributed by atoms with E-state index in [1.165, 1.54) is 29.6 Å². The number of benzene rings is 1. The summed E-state index contributed by atoms with van der Waals surface area (Å²) in [6.45, 7) is 2.41. The van der Waals surface area contributed by atoms with E-state index in [1.54, 1.807) is 11.0 Å². The van der Waals surface area contributed by atoms with E-state index in [9.17, 15) is 14.4 Å². The second-order valence-corrected chi connectivity index (χ2v) is 9.01. The number of carbonyl (C=O) groups is 3. The maximum absolute atomic E-state index is 13.0. The van der Waals surface area contributed by atoms with E-state index in [4.69, 9.17) is 0 Å². The maximum atomic E-state index is 13.0. The third kappa shape index (κ3) is 4.30. The molecule has 3 aromatic rings. The summed E-state index contributed by atoms with van der Waals surface area (Å²) in [5.74, 6) is -0.464. The fourth-order valence-electron chi connectivity index (χ4n) is 3.34. The topological polar surface area (TPSA) is 91.4 Å². The van der Waals surface area contributed by atoms with Crippen molar-refractivity contribution in [3.63, 3.8) is 0 Å². The summed E-state index contributed by atoms with van der Waals surface area (Å²) < 4.78 is 1.01. The molecule has 3 amide bonds. The molecule has 1 aromatic carbocycles. The van der Waals surface area contributed by atoms with Crippen molar-refractivity contribution in [2.45, 2.75) is 32.4 Å². The number of hydrogen-bond donors (Lipinski definition) is 2. The molecule has 0 saturated carbocycles. The number of amides is 3. The molecule has 29 heavy (non-hydrogen) atoms. The minimum Gasteiger partial charge on any atom is -0.351 e. The molecule has 4 rings (SSSR count). The van der Waals surface area contributed by atoms with Gasteiger partial charge in [0.2, 0.25) is 11.8 Å². The van der Waals surface area contributed by atoms with Crippen LogP contribution in [0.15, 0.2) is 36.4 Å². The normalized spacial score (nSPS) is 16.2. The Bertz CT molecular complexity index is 1040. The van der Waals surface area contributed by atoms with Crippen LogP contribution in [0.4, 0.5) is 5.13 Å². The van der Waals surface area contributed by atoms with E-state index < -0.39 is 6.04 Å². The molecule has 0 bridgehead atoms. The molecule has 1 unspecified atom stereocenters. The Morgan fingerprint density at radius 3 is 2.79 bits per heavy atom. The van der Waals surface area contributed by atoms with Crippen LogP contribution < -0.4 is 10.6 Å². The number of rotatable bonds is 5. The molecule has 1 fully saturated rings. The molecular formula is C20H20N4O3S2. The highest BCUT2D eigenvalue weighted by Gasteiger charge is 2.35. The van der Waals surface area contributed by atoms with Gasteiger partial charge in [-0.25, -0.2) is 4.98 Å². The van der Waals surface area contributed by atoms with Crippen LogP contribution in [0.5, 0.6) is 0 Å². The van der Waals surface area contributed by atoms with Gasteiger partial charge in [0.25, 0.3) is 5.91 Å². The van der Waals surface area contributed by atoms with Gasteiger partial charge in [-0.15, -0.1) is 11.3 Å². The second-order valence-electron chi connectivity index (χ2n) is 6.81. The second kappa shape index (κ2) is 8.30. The summed E-state index contributed by atoms with van der Waals surface area (Å²) in [5, 5.41) is 6.15. The number of anilines is 1. The van der Waals surface area contributed by atoms with Gasteiger partial charge in [-0.2, -0.15) is 0 Å². The molecule has 0 aliphatic carbocycles. The van der Waals surface area contributed by atoms with Crippen LogP contribution >= 0.6 is 22.7 Å². The van der Waals surface area contributed by atoms with Crippen LogP contribution in [-0.2, 0) is 16.1 Å². The lowest BCUT2D eigenvalue weighted by molar-refractivity contribution is -0.120. The van der Waals surface area contributed by atoms with Gasteiger partial charge in [0.15, 0.2) is 5.13 Å². The minimum atomic E-state index is -0.504. The highest BCUT2D eigenvalue weighted by Crippen LogP contribution is 2.28. The molecule has 1 saturated heterocycles. The molecule has 7 nitrogen and oxygen atoms in total. The SMILES string of the molecule is CC(=O)NCc1ccc(C(=O)N2CCCC2C(=O)Nc2nc3ccccc3s2)s1. The third-order valence-electron chi connectivity index (χ3n) is 4.72. The average molecular weight is 429 g/mol. The zero-order chi connectivity index (χ0) is 20.4. The highest BCUT2D eigenvalue weighted by atomic mass is 32.1. The fourth-order valence-corrected chi connectivity index (χ4v) is 5.11. The molecule has 1 aliphatic heterocycles. The van der Waals surface area contributed by atoms with Crippen molar-refractivity contribution >= 4 is 55.7 Å². The van der Waals surface area contributed by atoms with Gasteiger partial charge in [-0.1, -0.05) is 23.5 Å². The van der Waals surface area contributed by atoms with Crippen molar-refractivity contribution in [1.29, 1.82) is 0 Å². The summed E-state index contributed by atoms with van der Waals surface area (Å²) >= 11 is 2.77. The van der Waals surface area contributed by atoms with Gasteiger partial charge in [-0.05, 0) is 37.1 Å². The first kappa shape index (κ1) is 19.5. The van der Waals surface area contributed by atoms with E-state index >= 15 is 0 Å². The van der Waals surface area contributed by atoms with Crippen LogP contribution in [0.2, 0.25) is 0 Å². The van der Waals surface area contributed by atoms with Gasteiger partial charge < -0.3 is 15.5 Å². The van der Waals surface area contributed by atoms with E-state index in [-0.39, 0.29) is 17.7 Å². The van der Waals surface area contributed by atoms with Gasteiger partial charge in [-0.3, -0.25) is 14.4 Å². The Balaban J connectivity index is 1.44. The van der Waals surface area contributed by atoms with E-state index in [1.807, 2.05) is 30.3 Å². The van der Waals surface area contributed by atoms with Gasteiger partial charge in [0.1, 0.15) is 6.04 Å². The van der Waals surface area contributed by atoms with Crippen molar-refractivity contribution < 1.29 is 14.4 Å². The number of hydrogen-bond acceptors (Lipinski definition) is 6. The first-order chi connectivity index (χ1) is 14.0. The number of thiazole rings is 1. The Labute approximate surface area is 175 Å². The number of carbonyl (C=O) groups excluding carboxylic acids is 3. The summed E-state index contributed by atoms with van der Waals surface area (Å²) in [5.41, 5.74) is 0.845. The lowest BCUT2D eigenvalue weighted by Gasteiger charge is -2.22. The molecule has 3 heterocycles. The molecule has 1 atom stereocenters. The van der Waals surface area contributed by atoms with Crippen LogP contribution in [-0.4, -0.2) is 40.2 Å². The molecule has 9 heteroatoms. The number of para-hydroxylation sites is 1. The third-order valence-corrected chi connectivity index (χ3v) is 6.75. The largest absolute Gasteiger partial charge is 0.351 e.